The van der Waals surface area contributed by atoms with E-state index < -0.39 is 0 Å². The summed E-state index contributed by atoms with van der Waals surface area (Å²) in [5, 5.41) is 0.742. The van der Waals surface area contributed by atoms with Crippen LogP contribution >= 0.6 is 23.2 Å². The average Bonchev–Trinajstić information content (AvgIpc) is 2.50. The number of hydrogen-bond acceptors (Lipinski definition) is 3. The number of amides is 1. The topological polar surface area (TPSA) is 45.1 Å². The standard InChI is InChI=1S/C15H19Cl2N3O2/c1-3-22-15(20-8-6-19(2)7-9-20)18-14(21)11-4-5-12(16)13(17)10-11/h4-5,10H,3,6-9H2,1-2H3. The van der Waals surface area contributed by atoms with Crippen molar-refractivity contribution in [2.45, 2.75) is 6.92 Å². The van der Waals surface area contributed by atoms with Crippen molar-refractivity contribution in [1.29, 1.82) is 0 Å². The Morgan fingerprint density at radius 2 is 1.91 bits per heavy atom. The maximum atomic E-state index is 12.3. The van der Waals surface area contributed by atoms with Crippen LogP contribution in [-0.4, -0.2) is 61.6 Å². The van der Waals surface area contributed by atoms with Gasteiger partial charge >= 0.3 is 0 Å². The number of piperazine rings is 1. The lowest BCUT2D eigenvalue weighted by Gasteiger charge is -2.33. The molecule has 22 heavy (non-hydrogen) atoms. The number of hydrogen-bond donors (Lipinski definition) is 0. The van der Waals surface area contributed by atoms with Crippen LogP contribution in [0.25, 0.3) is 0 Å². The van der Waals surface area contributed by atoms with Crippen LogP contribution < -0.4 is 0 Å². The van der Waals surface area contributed by atoms with Gasteiger partial charge in [-0.25, -0.2) is 0 Å². The highest BCUT2D eigenvalue weighted by atomic mass is 35.5. The van der Waals surface area contributed by atoms with Crippen LogP contribution in [0.15, 0.2) is 23.2 Å². The van der Waals surface area contributed by atoms with Gasteiger partial charge in [0.25, 0.3) is 11.9 Å². The molecule has 0 radical (unpaired) electrons. The molecule has 0 N–H and O–H groups in total. The number of nitrogens with zero attached hydrogens (tertiary/aromatic N) is 3. The van der Waals surface area contributed by atoms with Gasteiger partial charge < -0.3 is 14.5 Å². The number of aliphatic imine (C=N–C) groups is 1. The van der Waals surface area contributed by atoms with Gasteiger partial charge in [-0.3, -0.25) is 4.79 Å². The van der Waals surface area contributed by atoms with Crippen LogP contribution in [0.2, 0.25) is 10.0 Å². The number of rotatable bonds is 2. The summed E-state index contributed by atoms with van der Waals surface area (Å²) in [6, 6.07) is 5.08. The molecule has 0 unspecified atom stereocenters. The second kappa shape index (κ2) is 7.81. The summed E-state index contributed by atoms with van der Waals surface area (Å²) in [7, 11) is 2.07. The Morgan fingerprint density at radius 1 is 1.23 bits per heavy atom. The van der Waals surface area contributed by atoms with Crippen LogP contribution in [0.1, 0.15) is 17.3 Å². The van der Waals surface area contributed by atoms with E-state index in [0.29, 0.717) is 28.2 Å². The fraction of sp³-hybridized carbons (Fsp3) is 0.467. The lowest BCUT2D eigenvalue weighted by atomic mass is 10.2. The zero-order valence-electron chi connectivity index (χ0n) is 12.7. The van der Waals surface area contributed by atoms with Gasteiger partial charge in [0.2, 0.25) is 0 Å². The van der Waals surface area contributed by atoms with Crippen LogP contribution in [0.5, 0.6) is 0 Å². The van der Waals surface area contributed by atoms with Crippen molar-refractivity contribution in [2.24, 2.45) is 4.99 Å². The third-order valence-corrected chi connectivity index (χ3v) is 4.15. The van der Waals surface area contributed by atoms with Gasteiger partial charge in [-0.1, -0.05) is 23.2 Å². The van der Waals surface area contributed by atoms with E-state index in [2.05, 4.69) is 16.9 Å². The lowest BCUT2D eigenvalue weighted by molar-refractivity contribution is 0.0990. The molecule has 0 saturated carbocycles. The summed E-state index contributed by atoms with van der Waals surface area (Å²) in [4.78, 5) is 20.6. The van der Waals surface area contributed by atoms with Gasteiger partial charge in [0.15, 0.2) is 0 Å². The minimum absolute atomic E-state index is 0.334. The van der Waals surface area contributed by atoms with E-state index in [1.165, 1.54) is 6.07 Å². The molecule has 1 amide bonds. The quantitative estimate of drug-likeness (QED) is 0.611. The minimum Gasteiger partial charge on any atom is -0.465 e. The minimum atomic E-state index is -0.388. The van der Waals surface area contributed by atoms with Gasteiger partial charge in [-0.15, -0.1) is 0 Å². The zero-order valence-corrected chi connectivity index (χ0v) is 14.2. The molecule has 7 heteroatoms. The Kier molecular flexibility index (Phi) is 6.06. The van der Waals surface area contributed by atoms with E-state index in [1.54, 1.807) is 12.1 Å². The third kappa shape index (κ3) is 4.35. The van der Waals surface area contributed by atoms with E-state index in [4.69, 9.17) is 27.9 Å². The molecule has 0 aliphatic carbocycles. The smallest absolute Gasteiger partial charge is 0.295 e. The molecule has 5 nitrogen and oxygen atoms in total. The van der Waals surface area contributed by atoms with Gasteiger partial charge in [0, 0.05) is 31.7 Å². The van der Waals surface area contributed by atoms with E-state index in [9.17, 15) is 4.79 Å². The van der Waals surface area contributed by atoms with Gasteiger partial charge in [-0.2, -0.15) is 4.99 Å². The second-order valence-corrected chi connectivity index (χ2v) is 5.87. The SMILES string of the molecule is CCOC(=NC(=O)c1ccc(Cl)c(Cl)c1)N1CCN(C)CC1. The maximum Gasteiger partial charge on any atom is 0.295 e. The molecule has 1 aromatic carbocycles. The number of halogens is 2. The molecule has 2 rings (SSSR count). The van der Waals surface area contributed by atoms with Crippen molar-refractivity contribution in [2.75, 3.05) is 39.8 Å². The van der Waals surface area contributed by atoms with E-state index >= 15 is 0 Å². The van der Waals surface area contributed by atoms with Gasteiger partial charge in [-0.05, 0) is 32.2 Å². The first kappa shape index (κ1) is 17.1. The highest BCUT2D eigenvalue weighted by Crippen LogP contribution is 2.23. The van der Waals surface area contributed by atoms with Crippen LogP contribution in [0.3, 0.4) is 0 Å². The maximum absolute atomic E-state index is 12.3. The molecular weight excluding hydrogens is 325 g/mol. The first-order valence-electron chi connectivity index (χ1n) is 7.15. The Hall–Kier alpha value is -1.30. The van der Waals surface area contributed by atoms with Crippen molar-refractivity contribution in [3.05, 3.63) is 33.8 Å². The molecule has 0 bridgehead atoms. The Morgan fingerprint density at radius 3 is 2.50 bits per heavy atom. The molecule has 1 aromatic rings. The lowest BCUT2D eigenvalue weighted by Crippen LogP contribution is -2.48. The summed E-state index contributed by atoms with van der Waals surface area (Å²) in [6.45, 7) is 5.71. The van der Waals surface area contributed by atoms with Crippen LogP contribution in [0, 0.1) is 0 Å². The summed E-state index contributed by atoms with van der Waals surface area (Å²) < 4.78 is 5.54. The number of carbonyl (C=O) groups excluding carboxylic acids is 1. The Labute approximate surface area is 140 Å². The molecule has 120 valence electrons. The van der Waals surface area contributed by atoms with E-state index in [-0.39, 0.29) is 5.91 Å². The van der Waals surface area contributed by atoms with Crippen molar-refractivity contribution in [1.82, 2.24) is 9.80 Å². The largest absolute Gasteiger partial charge is 0.465 e. The number of benzene rings is 1. The highest BCUT2D eigenvalue weighted by molar-refractivity contribution is 6.42. The molecule has 1 aliphatic heterocycles. The number of likely N-dealkylation sites (N-methyl/N-ethyl adjacent to an activating group) is 1. The van der Waals surface area contributed by atoms with E-state index in [1.807, 2.05) is 11.8 Å². The first-order chi connectivity index (χ1) is 10.5. The summed E-state index contributed by atoms with van der Waals surface area (Å²) in [5.41, 5.74) is 0.390. The third-order valence-electron chi connectivity index (χ3n) is 3.41. The Balaban J connectivity index is 2.17. The van der Waals surface area contributed by atoms with Gasteiger partial charge in [0.05, 0.1) is 16.7 Å². The average molecular weight is 344 g/mol. The molecule has 0 spiro atoms. The predicted octanol–water partition coefficient (Wildman–Crippen LogP) is 2.77. The predicted molar refractivity (Wildman–Crippen MR) is 88.9 cm³/mol. The van der Waals surface area contributed by atoms with Crippen molar-refractivity contribution >= 4 is 35.1 Å². The molecule has 0 atom stereocenters. The Bertz CT molecular complexity index is 570. The summed E-state index contributed by atoms with van der Waals surface area (Å²) >= 11 is 11.8. The van der Waals surface area contributed by atoms with E-state index in [0.717, 1.165) is 26.2 Å². The number of carbonyl (C=O) groups is 1. The molecular formula is C15H19Cl2N3O2. The molecule has 0 aromatic heterocycles. The normalized spacial score (nSPS) is 16.7. The van der Waals surface area contributed by atoms with Gasteiger partial charge in [0.1, 0.15) is 0 Å². The monoisotopic (exact) mass is 343 g/mol. The second-order valence-electron chi connectivity index (χ2n) is 5.05. The summed E-state index contributed by atoms with van der Waals surface area (Å²) in [6.07, 6.45) is 0. The molecule has 1 aliphatic rings. The zero-order chi connectivity index (χ0) is 16.1. The van der Waals surface area contributed by atoms with Crippen LogP contribution in [-0.2, 0) is 4.74 Å². The number of ether oxygens (including phenoxy) is 1. The van der Waals surface area contributed by atoms with Crippen molar-refractivity contribution in [3.63, 3.8) is 0 Å². The molecule has 1 saturated heterocycles. The molecule has 1 fully saturated rings. The van der Waals surface area contributed by atoms with Crippen LogP contribution in [0.4, 0.5) is 0 Å². The number of amidine groups is 1. The first-order valence-corrected chi connectivity index (χ1v) is 7.91. The van der Waals surface area contributed by atoms with Crippen molar-refractivity contribution in [3.8, 4) is 0 Å². The van der Waals surface area contributed by atoms with Crippen molar-refractivity contribution < 1.29 is 9.53 Å². The summed E-state index contributed by atoms with van der Waals surface area (Å²) in [5.74, 6) is -0.388. The highest BCUT2D eigenvalue weighted by Gasteiger charge is 2.20. The fourth-order valence-corrected chi connectivity index (χ4v) is 2.40. The molecule has 1 heterocycles. The fourth-order valence-electron chi connectivity index (χ4n) is 2.10.